The molecule has 7 heteroatoms. The van der Waals surface area contributed by atoms with Crippen molar-refractivity contribution in [2.75, 3.05) is 7.11 Å². The number of methoxy groups -OCH3 is 1. The normalized spacial score (nSPS) is 14.7. The minimum Gasteiger partial charge on any atom is -0.496 e. The van der Waals surface area contributed by atoms with Gasteiger partial charge in [-0.3, -0.25) is 0 Å². The Hall–Kier alpha value is -2.64. The van der Waals surface area contributed by atoms with Crippen molar-refractivity contribution in [3.63, 3.8) is 0 Å². The molecule has 0 fully saturated rings. The first-order chi connectivity index (χ1) is 12.6. The topological polar surface area (TPSA) is 106 Å². The van der Waals surface area contributed by atoms with Crippen LogP contribution in [0, 0.1) is 0 Å². The number of benzene rings is 1. The van der Waals surface area contributed by atoms with E-state index in [2.05, 4.69) is 0 Å². The van der Waals surface area contributed by atoms with Gasteiger partial charge in [-0.15, -0.1) is 0 Å². The third-order valence-electron chi connectivity index (χ3n) is 4.26. The molecule has 2 aromatic rings. The number of ether oxygens (including phenoxy) is 2. The molecule has 27 heavy (non-hydrogen) atoms. The fraction of sp³-hybridized carbons (Fsp3) is 0.400. The Bertz CT molecular complexity index is 918. The van der Waals surface area contributed by atoms with Crippen LogP contribution in [0.4, 0.5) is 0 Å². The lowest BCUT2D eigenvalue weighted by Crippen LogP contribution is -2.44. The Morgan fingerprint density at radius 3 is 2.52 bits per heavy atom. The van der Waals surface area contributed by atoms with Crippen molar-refractivity contribution in [1.29, 1.82) is 0 Å². The van der Waals surface area contributed by atoms with E-state index >= 15 is 0 Å². The molecule has 0 aliphatic carbocycles. The van der Waals surface area contributed by atoms with E-state index in [1.54, 1.807) is 32.1 Å². The maximum atomic E-state index is 12.2. The number of carbonyl (C=O) groups excluding carboxylic acids is 1. The average molecular weight is 376 g/mol. The Kier molecular flexibility index (Phi) is 6.08. The van der Waals surface area contributed by atoms with E-state index in [1.807, 2.05) is 0 Å². The molecule has 0 aliphatic heterocycles. The maximum absolute atomic E-state index is 12.2. The number of fused-ring (bicyclic) bond motifs is 1. The summed E-state index contributed by atoms with van der Waals surface area (Å²) in [5.74, 6) is -0.410. The zero-order valence-electron chi connectivity index (χ0n) is 16.0. The Balaban J connectivity index is 2.53. The standard InChI is InChI=1S/C20H24O7/c1-6-11(2)19(23)27-18(20(3,4)24)17(22)13-9-12-7-8-16(21)26-14(12)10-15(13)25-5/h6-10,17-18,22,24H,1-5H3/b11-6-/t17-,18?/m0/s1. The average Bonchev–Trinajstić information content (AvgIpc) is 2.62. The van der Waals surface area contributed by atoms with Crippen LogP contribution in [0.2, 0.25) is 0 Å². The summed E-state index contributed by atoms with van der Waals surface area (Å²) in [6.07, 6.45) is -1.07. The van der Waals surface area contributed by atoms with Crippen molar-refractivity contribution in [2.45, 2.75) is 45.5 Å². The molecule has 2 N–H and O–H groups in total. The zero-order valence-corrected chi connectivity index (χ0v) is 16.0. The zero-order chi connectivity index (χ0) is 20.4. The van der Waals surface area contributed by atoms with E-state index in [0.29, 0.717) is 11.0 Å². The van der Waals surface area contributed by atoms with Gasteiger partial charge in [0.05, 0.1) is 12.7 Å². The van der Waals surface area contributed by atoms with Gasteiger partial charge in [0.2, 0.25) is 0 Å². The number of aliphatic hydroxyl groups excluding tert-OH is 1. The first-order valence-corrected chi connectivity index (χ1v) is 8.44. The van der Waals surface area contributed by atoms with E-state index in [9.17, 15) is 19.8 Å². The minimum atomic E-state index is -1.54. The van der Waals surface area contributed by atoms with Crippen LogP contribution in [0.15, 0.2) is 45.1 Å². The van der Waals surface area contributed by atoms with Gasteiger partial charge in [-0.2, -0.15) is 0 Å². The number of aliphatic hydroxyl groups is 2. The van der Waals surface area contributed by atoms with Crippen molar-refractivity contribution >= 4 is 16.9 Å². The maximum Gasteiger partial charge on any atom is 0.336 e. The molecule has 0 saturated carbocycles. The number of esters is 1. The van der Waals surface area contributed by atoms with Crippen LogP contribution in [0.25, 0.3) is 11.0 Å². The van der Waals surface area contributed by atoms with Crippen LogP contribution in [-0.4, -0.2) is 35.0 Å². The van der Waals surface area contributed by atoms with E-state index in [-0.39, 0.29) is 16.9 Å². The summed E-state index contributed by atoms with van der Waals surface area (Å²) < 4.78 is 15.8. The van der Waals surface area contributed by atoms with Crippen molar-refractivity contribution in [3.8, 4) is 5.75 Å². The van der Waals surface area contributed by atoms with Gasteiger partial charge in [-0.1, -0.05) is 6.08 Å². The second kappa shape index (κ2) is 7.94. The third kappa shape index (κ3) is 4.56. The van der Waals surface area contributed by atoms with Crippen LogP contribution in [0.3, 0.4) is 0 Å². The highest BCUT2D eigenvalue weighted by Gasteiger charge is 2.39. The smallest absolute Gasteiger partial charge is 0.336 e. The number of allylic oxidation sites excluding steroid dienone is 1. The highest BCUT2D eigenvalue weighted by molar-refractivity contribution is 5.88. The predicted molar refractivity (Wildman–Crippen MR) is 99.6 cm³/mol. The van der Waals surface area contributed by atoms with Crippen molar-refractivity contribution in [3.05, 3.63) is 51.9 Å². The quantitative estimate of drug-likeness (QED) is 0.453. The molecular formula is C20H24O7. The summed E-state index contributed by atoms with van der Waals surface area (Å²) >= 11 is 0. The summed E-state index contributed by atoms with van der Waals surface area (Å²) in [6, 6.07) is 5.84. The van der Waals surface area contributed by atoms with Crippen LogP contribution in [-0.2, 0) is 9.53 Å². The van der Waals surface area contributed by atoms with Gasteiger partial charge in [0, 0.05) is 28.7 Å². The van der Waals surface area contributed by atoms with Gasteiger partial charge in [0.25, 0.3) is 0 Å². The second-order valence-electron chi connectivity index (χ2n) is 6.78. The molecule has 2 rings (SSSR count). The lowest BCUT2D eigenvalue weighted by atomic mass is 9.91. The van der Waals surface area contributed by atoms with Crippen molar-refractivity contribution < 1.29 is 28.9 Å². The first-order valence-electron chi connectivity index (χ1n) is 8.44. The highest BCUT2D eigenvalue weighted by Crippen LogP contribution is 2.35. The Labute approximate surface area is 156 Å². The molecule has 1 unspecified atom stereocenters. The lowest BCUT2D eigenvalue weighted by molar-refractivity contribution is -0.172. The Morgan fingerprint density at radius 1 is 1.30 bits per heavy atom. The van der Waals surface area contributed by atoms with Gasteiger partial charge >= 0.3 is 11.6 Å². The van der Waals surface area contributed by atoms with Crippen LogP contribution < -0.4 is 10.4 Å². The molecule has 0 radical (unpaired) electrons. The largest absolute Gasteiger partial charge is 0.496 e. The number of rotatable bonds is 6. The van der Waals surface area contributed by atoms with Crippen molar-refractivity contribution in [2.24, 2.45) is 0 Å². The van der Waals surface area contributed by atoms with Gasteiger partial charge in [0.15, 0.2) is 6.10 Å². The fourth-order valence-electron chi connectivity index (χ4n) is 2.61. The molecule has 0 saturated heterocycles. The van der Waals surface area contributed by atoms with Gasteiger partial charge in [0.1, 0.15) is 17.4 Å². The number of carbonyl (C=O) groups is 1. The number of hydrogen-bond donors (Lipinski definition) is 2. The highest BCUT2D eigenvalue weighted by atomic mass is 16.6. The van der Waals surface area contributed by atoms with E-state index in [4.69, 9.17) is 13.9 Å². The van der Waals surface area contributed by atoms with Crippen molar-refractivity contribution in [1.82, 2.24) is 0 Å². The van der Waals surface area contributed by atoms with E-state index in [0.717, 1.165) is 0 Å². The molecule has 1 aromatic heterocycles. The van der Waals surface area contributed by atoms with E-state index in [1.165, 1.54) is 33.1 Å². The summed E-state index contributed by atoms with van der Waals surface area (Å²) in [5.41, 5.74) is -1.12. The predicted octanol–water partition coefficient (Wildman–Crippen LogP) is 2.48. The first kappa shape index (κ1) is 20.7. The second-order valence-corrected chi connectivity index (χ2v) is 6.78. The summed E-state index contributed by atoms with van der Waals surface area (Å²) in [5, 5.41) is 21.9. The summed E-state index contributed by atoms with van der Waals surface area (Å²) in [4.78, 5) is 23.6. The van der Waals surface area contributed by atoms with Crippen LogP contribution >= 0.6 is 0 Å². The molecule has 1 heterocycles. The monoisotopic (exact) mass is 376 g/mol. The van der Waals surface area contributed by atoms with Gasteiger partial charge in [-0.05, 0) is 39.8 Å². The lowest BCUT2D eigenvalue weighted by Gasteiger charge is -2.33. The van der Waals surface area contributed by atoms with Gasteiger partial charge in [-0.25, -0.2) is 9.59 Å². The molecule has 0 spiro atoms. The minimum absolute atomic E-state index is 0.234. The molecule has 1 aromatic carbocycles. The van der Waals surface area contributed by atoms with Crippen LogP contribution in [0.1, 0.15) is 39.4 Å². The molecule has 7 nitrogen and oxygen atoms in total. The molecule has 0 bridgehead atoms. The Morgan fingerprint density at radius 2 is 1.96 bits per heavy atom. The van der Waals surface area contributed by atoms with Gasteiger partial charge < -0.3 is 24.1 Å². The molecule has 146 valence electrons. The molecular weight excluding hydrogens is 352 g/mol. The summed E-state index contributed by atoms with van der Waals surface area (Å²) in [7, 11) is 1.40. The van der Waals surface area contributed by atoms with E-state index < -0.39 is 29.4 Å². The SMILES string of the molecule is C/C=C(/C)C(=O)OC([C@@H](O)c1cc2ccc(=O)oc2cc1OC)C(C)(C)O. The molecule has 2 atom stereocenters. The summed E-state index contributed by atoms with van der Waals surface area (Å²) in [6.45, 7) is 6.14. The fourth-order valence-corrected chi connectivity index (χ4v) is 2.61. The molecule has 0 amide bonds. The third-order valence-corrected chi connectivity index (χ3v) is 4.26. The van der Waals surface area contributed by atoms with Crippen LogP contribution in [0.5, 0.6) is 5.75 Å². The number of hydrogen-bond acceptors (Lipinski definition) is 7. The molecule has 0 aliphatic rings.